The zero-order valence-electron chi connectivity index (χ0n) is 19.7. The van der Waals surface area contributed by atoms with Crippen LogP contribution in [0.5, 0.6) is 5.75 Å². The van der Waals surface area contributed by atoms with Gasteiger partial charge in [0, 0.05) is 25.5 Å². The van der Waals surface area contributed by atoms with Gasteiger partial charge in [-0.25, -0.2) is 4.79 Å². The lowest BCUT2D eigenvalue weighted by Gasteiger charge is -2.35. The number of ether oxygens (including phenoxy) is 3. The number of anilines is 1. The Labute approximate surface area is 204 Å². The van der Waals surface area contributed by atoms with Gasteiger partial charge >= 0.3 is 5.97 Å². The number of nitrogens with zero attached hydrogens (tertiary/aromatic N) is 1. The molecule has 1 atom stereocenters. The molecule has 8 nitrogen and oxygen atoms in total. The van der Waals surface area contributed by atoms with E-state index in [4.69, 9.17) is 26.4 Å². The molecular formula is C25H29N3O5S. The van der Waals surface area contributed by atoms with Crippen LogP contribution in [0.2, 0.25) is 0 Å². The van der Waals surface area contributed by atoms with E-state index in [1.807, 2.05) is 43.3 Å². The Kier molecular flexibility index (Phi) is 8.61. The van der Waals surface area contributed by atoms with Crippen molar-refractivity contribution in [2.24, 2.45) is 0 Å². The van der Waals surface area contributed by atoms with Crippen molar-refractivity contribution >= 4 is 34.9 Å². The van der Waals surface area contributed by atoms with E-state index in [1.165, 1.54) is 0 Å². The molecule has 1 unspecified atom stereocenters. The second-order valence-electron chi connectivity index (χ2n) is 7.76. The molecule has 1 aliphatic heterocycles. The maximum Gasteiger partial charge on any atom is 0.338 e. The van der Waals surface area contributed by atoms with Crippen molar-refractivity contribution in [2.75, 3.05) is 39.8 Å². The summed E-state index contributed by atoms with van der Waals surface area (Å²) in [5.74, 6) is 0.181. The summed E-state index contributed by atoms with van der Waals surface area (Å²) in [6, 6.07) is 14.2. The van der Waals surface area contributed by atoms with E-state index in [9.17, 15) is 9.59 Å². The number of carbonyl (C=O) groups excluding carboxylic acids is 2. The summed E-state index contributed by atoms with van der Waals surface area (Å²) in [5, 5.41) is 6.61. The molecule has 1 aliphatic rings. The number of allylic oxidation sites excluding steroid dienone is 1. The highest BCUT2D eigenvalue weighted by Crippen LogP contribution is 2.31. The molecule has 1 heterocycles. The Morgan fingerprint density at radius 1 is 1.06 bits per heavy atom. The van der Waals surface area contributed by atoms with Crippen molar-refractivity contribution in [1.82, 2.24) is 10.2 Å². The van der Waals surface area contributed by atoms with Gasteiger partial charge < -0.3 is 29.7 Å². The van der Waals surface area contributed by atoms with Crippen LogP contribution in [0.4, 0.5) is 5.69 Å². The second-order valence-corrected chi connectivity index (χ2v) is 8.15. The lowest BCUT2D eigenvalue weighted by atomic mass is 9.95. The number of thiocarbonyl (C=S) groups is 1. The standard InChI is InChI=1S/C25H29N3O5S/c1-16-22(24(30)33-14-13-31-3)23(27-25(34)28(16)2)18-7-9-19(10-8-18)26-21(29)15-17-5-11-20(32-4)12-6-17/h5-12,23H,13-15H2,1-4H3,(H,26,29)(H,27,34). The van der Waals surface area contributed by atoms with Crippen LogP contribution in [0.1, 0.15) is 24.1 Å². The molecule has 0 bridgehead atoms. The molecule has 0 saturated carbocycles. The molecule has 2 N–H and O–H groups in total. The van der Waals surface area contributed by atoms with Gasteiger partial charge in [-0.15, -0.1) is 0 Å². The summed E-state index contributed by atoms with van der Waals surface area (Å²) >= 11 is 5.43. The van der Waals surface area contributed by atoms with E-state index in [0.29, 0.717) is 28.7 Å². The molecular weight excluding hydrogens is 454 g/mol. The van der Waals surface area contributed by atoms with E-state index in [1.54, 1.807) is 38.3 Å². The fourth-order valence-electron chi connectivity index (χ4n) is 3.54. The number of carbonyl (C=O) groups is 2. The van der Waals surface area contributed by atoms with Crippen molar-refractivity contribution in [1.29, 1.82) is 0 Å². The highest BCUT2D eigenvalue weighted by atomic mass is 32.1. The van der Waals surface area contributed by atoms with Gasteiger partial charge in [0.05, 0.1) is 31.8 Å². The zero-order valence-corrected chi connectivity index (χ0v) is 20.5. The molecule has 2 aromatic carbocycles. The molecule has 0 fully saturated rings. The lowest BCUT2D eigenvalue weighted by molar-refractivity contribution is -0.140. The average Bonchev–Trinajstić information content (AvgIpc) is 2.83. The van der Waals surface area contributed by atoms with E-state index in [-0.39, 0.29) is 18.9 Å². The monoisotopic (exact) mass is 483 g/mol. The predicted molar refractivity (Wildman–Crippen MR) is 134 cm³/mol. The molecule has 180 valence electrons. The molecule has 9 heteroatoms. The summed E-state index contributed by atoms with van der Waals surface area (Å²) in [4.78, 5) is 27.0. The van der Waals surface area contributed by atoms with Crippen LogP contribution in [0.25, 0.3) is 0 Å². The van der Waals surface area contributed by atoms with E-state index in [0.717, 1.165) is 16.9 Å². The third-order valence-corrected chi connectivity index (χ3v) is 5.94. The van der Waals surface area contributed by atoms with Crippen LogP contribution in [-0.4, -0.2) is 56.4 Å². The Bertz CT molecular complexity index is 1070. The number of benzene rings is 2. The Morgan fingerprint density at radius 2 is 1.74 bits per heavy atom. The highest BCUT2D eigenvalue weighted by molar-refractivity contribution is 7.80. The molecule has 0 aliphatic carbocycles. The van der Waals surface area contributed by atoms with Gasteiger partial charge in [0.25, 0.3) is 0 Å². The molecule has 0 aromatic heterocycles. The number of rotatable bonds is 9. The normalized spacial score (nSPS) is 15.6. The first-order valence-corrected chi connectivity index (χ1v) is 11.2. The predicted octanol–water partition coefficient (Wildman–Crippen LogP) is 3.20. The molecule has 0 radical (unpaired) electrons. The zero-order chi connectivity index (χ0) is 24.7. The SMILES string of the molecule is COCCOC(=O)C1=C(C)N(C)C(=S)NC1c1ccc(NC(=O)Cc2ccc(OC)cc2)cc1. The number of esters is 1. The summed E-state index contributed by atoms with van der Waals surface area (Å²) in [6.45, 7) is 2.31. The van der Waals surface area contributed by atoms with Crippen LogP contribution in [-0.2, 0) is 25.5 Å². The van der Waals surface area contributed by atoms with Gasteiger partial charge in [0.2, 0.25) is 5.91 Å². The maximum absolute atomic E-state index is 12.8. The molecule has 34 heavy (non-hydrogen) atoms. The van der Waals surface area contributed by atoms with Crippen molar-refractivity contribution < 1.29 is 23.8 Å². The summed E-state index contributed by atoms with van der Waals surface area (Å²) in [6.07, 6.45) is 0.246. The fourth-order valence-corrected chi connectivity index (χ4v) is 3.79. The minimum atomic E-state index is -0.470. The second kappa shape index (κ2) is 11.6. The van der Waals surface area contributed by atoms with Gasteiger partial charge in [0.1, 0.15) is 12.4 Å². The van der Waals surface area contributed by atoms with Gasteiger partial charge in [-0.05, 0) is 54.5 Å². The third-order valence-electron chi connectivity index (χ3n) is 5.55. The largest absolute Gasteiger partial charge is 0.497 e. The topological polar surface area (TPSA) is 89.1 Å². The highest BCUT2D eigenvalue weighted by Gasteiger charge is 2.33. The fraction of sp³-hybridized carbons (Fsp3) is 0.320. The quantitative estimate of drug-likeness (QED) is 0.319. The average molecular weight is 484 g/mol. The Hall–Kier alpha value is -3.43. The number of hydrogen-bond donors (Lipinski definition) is 2. The first kappa shape index (κ1) is 25.2. The first-order valence-electron chi connectivity index (χ1n) is 10.8. The van der Waals surface area contributed by atoms with E-state index >= 15 is 0 Å². The van der Waals surface area contributed by atoms with Gasteiger partial charge in [-0.1, -0.05) is 24.3 Å². The number of hydrogen-bond acceptors (Lipinski definition) is 6. The lowest BCUT2D eigenvalue weighted by Crippen LogP contribution is -2.46. The molecule has 0 saturated heterocycles. The van der Waals surface area contributed by atoms with E-state index in [2.05, 4.69) is 10.6 Å². The van der Waals surface area contributed by atoms with Crippen molar-refractivity contribution in [3.8, 4) is 5.75 Å². The van der Waals surface area contributed by atoms with Crippen LogP contribution in [0.3, 0.4) is 0 Å². The van der Waals surface area contributed by atoms with Gasteiger partial charge in [-0.2, -0.15) is 0 Å². The van der Waals surface area contributed by atoms with Crippen molar-refractivity contribution in [2.45, 2.75) is 19.4 Å². The minimum Gasteiger partial charge on any atom is -0.497 e. The third kappa shape index (κ3) is 6.12. The summed E-state index contributed by atoms with van der Waals surface area (Å²) in [5.41, 5.74) is 3.55. The van der Waals surface area contributed by atoms with Crippen LogP contribution < -0.4 is 15.4 Å². The molecule has 1 amide bonds. The smallest absolute Gasteiger partial charge is 0.338 e. The van der Waals surface area contributed by atoms with Crippen LogP contribution in [0.15, 0.2) is 59.8 Å². The Morgan fingerprint density at radius 3 is 2.35 bits per heavy atom. The molecule has 3 rings (SSSR count). The number of methoxy groups -OCH3 is 2. The Balaban J connectivity index is 1.72. The van der Waals surface area contributed by atoms with Crippen molar-refractivity contribution in [3.63, 3.8) is 0 Å². The van der Waals surface area contributed by atoms with Crippen LogP contribution >= 0.6 is 12.2 Å². The minimum absolute atomic E-state index is 0.130. The van der Waals surface area contributed by atoms with Gasteiger partial charge in [-0.3, -0.25) is 4.79 Å². The first-order chi connectivity index (χ1) is 16.3. The summed E-state index contributed by atoms with van der Waals surface area (Å²) < 4.78 is 15.5. The molecule has 2 aromatic rings. The van der Waals surface area contributed by atoms with Crippen LogP contribution in [0, 0.1) is 0 Å². The number of amides is 1. The molecule has 0 spiro atoms. The van der Waals surface area contributed by atoms with Crippen molar-refractivity contribution in [3.05, 3.63) is 70.9 Å². The van der Waals surface area contributed by atoms with Gasteiger partial charge in [0.15, 0.2) is 5.11 Å². The van der Waals surface area contributed by atoms with E-state index < -0.39 is 12.0 Å². The summed E-state index contributed by atoms with van der Waals surface area (Å²) in [7, 11) is 4.95. The number of nitrogens with one attached hydrogen (secondary N) is 2. The maximum atomic E-state index is 12.8.